The van der Waals surface area contributed by atoms with Gasteiger partial charge in [0.15, 0.2) is 5.65 Å². The maximum absolute atomic E-state index is 12.0. The zero-order valence-electron chi connectivity index (χ0n) is 10.2. The molecule has 92 valence electrons. The Morgan fingerprint density at radius 2 is 2.24 bits per heavy atom. The summed E-state index contributed by atoms with van der Waals surface area (Å²) in [6, 6.07) is 5.45. The van der Waals surface area contributed by atoms with Crippen molar-refractivity contribution in [1.82, 2.24) is 14.2 Å². The lowest BCUT2D eigenvalue weighted by Crippen LogP contribution is -2.36. The van der Waals surface area contributed by atoms with Crippen LogP contribution in [0.4, 0.5) is 0 Å². The fourth-order valence-corrected chi connectivity index (χ4v) is 1.77. The Morgan fingerprint density at radius 1 is 1.47 bits per heavy atom. The summed E-state index contributed by atoms with van der Waals surface area (Å²) in [7, 11) is 0. The largest absolute Gasteiger partial charge is 0.350 e. The number of rotatable bonds is 4. The van der Waals surface area contributed by atoms with Gasteiger partial charge >= 0.3 is 5.69 Å². The Balaban J connectivity index is 2.31. The Morgan fingerprint density at radius 3 is 2.88 bits per heavy atom. The molecular weight excluding hydrogens is 216 g/mol. The van der Waals surface area contributed by atoms with Crippen molar-refractivity contribution in [2.45, 2.75) is 32.9 Å². The molecule has 0 amide bonds. The Hall–Kier alpha value is -1.62. The maximum Gasteiger partial charge on any atom is 0.350 e. The lowest BCUT2D eigenvalue weighted by molar-refractivity contribution is 0.376. The predicted octanol–water partition coefficient (Wildman–Crippen LogP) is 0.869. The lowest BCUT2D eigenvalue weighted by atomic mass is 10.0. The van der Waals surface area contributed by atoms with Gasteiger partial charge in [0.2, 0.25) is 0 Å². The molecule has 0 spiro atoms. The average Bonchev–Trinajstić information content (AvgIpc) is 2.66. The van der Waals surface area contributed by atoms with Crippen LogP contribution in [0.2, 0.25) is 0 Å². The molecule has 0 aromatic carbocycles. The number of hydrogen-bond donors (Lipinski definition) is 1. The molecule has 0 aliphatic heterocycles. The van der Waals surface area contributed by atoms with E-state index in [-0.39, 0.29) is 11.7 Å². The first kappa shape index (κ1) is 11.9. The summed E-state index contributed by atoms with van der Waals surface area (Å²) in [6.07, 6.45) is 2.72. The number of aromatic nitrogens is 3. The highest BCUT2D eigenvalue weighted by Gasteiger charge is 2.14. The second-order valence-electron chi connectivity index (χ2n) is 4.44. The molecule has 2 unspecified atom stereocenters. The number of hydrogen-bond acceptors (Lipinski definition) is 3. The van der Waals surface area contributed by atoms with Gasteiger partial charge in [-0.3, -0.25) is 4.40 Å². The van der Waals surface area contributed by atoms with Crippen LogP contribution in [-0.4, -0.2) is 20.2 Å². The first-order valence-corrected chi connectivity index (χ1v) is 5.93. The molecule has 2 rings (SSSR count). The van der Waals surface area contributed by atoms with Crippen molar-refractivity contribution in [1.29, 1.82) is 0 Å². The van der Waals surface area contributed by atoms with Crippen LogP contribution in [0, 0.1) is 5.92 Å². The topological polar surface area (TPSA) is 65.3 Å². The fraction of sp³-hybridized carbons (Fsp3) is 0.500. The van der Waals surface area contributed by atoms with Crippen LogP contribution in [0.5, 0.6) is 0 Å². The highest BCUT2D eigenvalue weighted by atomic mass is 16.2. The van der Waals surface area contributed by atoms with Gasteiger partial charge in [-0.05, 0) is 18.1 Å². The summed E-state index contributed by atoms with van der Waals surface area (Å²) < 4.78 is 2.98. The quantitative estimate of drug-likeness (QED) is 0.853. The maximum atomic E-state index is 12.0. The number of pyridine rings is 1. The third kappa shape index (κ3) is 2.24. The SMILES string of the molecule is CCC(C)C(N)Cn1nc2ccccn2c1=O. The van der Waals surface area contributed by atoms with Gasteiger partial charge in [0.05, 0.1) is 6.54 Å². The van der Waals surface area contributed by atoms with Crippen molar-refractivity contribution >= 4 is 5.65 Å². The first-order chi connectivity index (χ1) is 8.13. The predicted molar refractivity (Wildman–Crippen MR) is 66.9 cm³/mol. The highest BCUT2D eigenvalue weighted by molar-refractivity contribution is 5.35. The van der Waals surface area contributed by atoms with Crippen LogP contribution in [0.3, 0.4) is 0 Å². The van der Waals surface area contributed by atoms with Gasteiger partial charge in [-0.1, -0.05) is 26.3 Å². The van der Waals surface area contributed by atoms with Crippen LogP contribution in [0.25, 0.3) is 5.65 Å². The van der Waals surface area contributed by atoms with Gasteiger partial charge in [-0.2, -0.15) is 0 Å². The summed E-state index contributed by atoms with van der Waals surface area (Å²) in [5.74, 6) is 0.381. The van der Waals surface area contributed by atoms with Crippen molar-refractivity contribution in [2.75, 3.05) is 0 Å². The Bertz CT molecular complexity index is 557. The second kappa shape index (κ2) is 4.71. The average molecular weight is 234 g/mol. The van der Waals surface area contributed by atoms with Crippen molar-refractivity contribution in [3.63, 3.8) is 0 Å². The molecule has 5 heteroatoms. The molecule has 5 nitrogen and oxygen atoms in total. The van der Waals surface area contributed by atoms with E-state index in [0.717, 1.165) is 6.42 Å². The van der Waals surface area contributed by atoms with E-state index < -0.39 is 0 Å². The van der Waals surface area contributed by atoms with Crippen LogP contribution < -0.4 is 11.4 Å². The third-order valence-corrected chi connectivity index (χ3v) is 3.25. The molecule has 2 heterocycles. The van der Waals surface area contributed by atoms with Crippen molar-refractivity contribution in [3.8, 4) is 0 Å². The van der Waals surface area contributed by atoms with Crippen molar-refractivity contribution < 1.29 is 0 Å². The minimum atomic E-state index is -0.126. The Labute approximate surface area is 99.9 Å². The van der Waals surface area contributed by atoms with E-state index in [9.17, 15) is 4.79 Å². The summed E-state index contributed by atoms with van der Waals surface area (Å²) >= 11 is 0. The van der Waals surface area contributed by atoms with Gasteiger partial charge < -0.3 is 5.73 Å². The Kier molecular flexibility index (Phi) is 3.28. The third-order valence-electron chi connectivity index (χ3n) is 3.25. The second-order valence-corrected chi connectivity index (χ2v) is 4.44. The minimum absolute atomic E-state index is 0.0392. The van der Waals surface area contributed by atoms with Gasteiger partial charge in [-0.25, -0.2) is 9.48 Å². The van der Waals surface area contributed by atoms with Gasteiger partial charge in [0.1, 0.15) is 0 Å². The molecule has 0 bridgehead atoms. The molecule has 2 aromatic rings. The summed E-state index contributed by atoms with van der Waals surface area (Å²) in [5.41, 5.74) is 6.58. The molecule has 17 heavy (non-hydrogen) atoms. The van der Waals surface area contributed by atoms with E-state index in [1.165, 1.54) is 9.08 Å². The van der Waals surface area contributed by atoms with E-state index in [2.05, 4.69) is 18.9 Å². The molecule has 0 saturated heterocycles. The van der Waals surface area contributed by atoms with E-state index >= 15 is 0 Å². The summed E-state index contributed by atoms with van der Waals surface area (Å²) in [5, 5.41) is 4.26. The normalized spacial score (nSPS) is 15.0. The number of nitrogens with two attached hydrogens (primary N) is 1. The molecule has 0 aliphatic rings. The molecule has 0 fully saturated rings. The van der Waals surface area contributed by atoms with Crippen molar-refractivity contribution in [2.24, 2.45) is 11.7 Å². The van der Waals surface area contributed by atoms with E-state index in [1.807, 2.05) is 18.2 Å². The molecular formula is C12H18N4O. The fourth-order valence-electron chi connectivity index (χ4n) is 1.77. The van der Waals surface area contributed by atoms with Gasteiger partial charge in [0.25, 0.3) is 0 Å². The zero-order valence-corrected chi connectivity index (χ0v) is 10.2. The monoisotopic (exact) mass is 234 g/mol. The van der Waals surface area contributed by atoms with Crippen LogP contribution in [0.15, 0.2) is 29.2 Å². The minimum Gasteiger partial charge on any atom is -0.326 e. The lowest BCUT2D eigenvalue weighted by Gasteiger charge is -2.17. The van der Waals surface area contributed by atoms with Crippen LogP contribution in [0.1, 0.15) is 20.3 Å². The van der Waals surface area contributed by atoms with E-state index in [0.29, 0.717) is 18.1 Å². The number of fused-ring (bicyclic) bond motifs is 1. The van der Waals surface area contributed by atoms with E-state index in [4.69, 9.17) is 5.73 Å². The molecule has 0 saturated carbocycles. The molecule has 0 aliphatic carbocycles. The number of nitrogens with zero attached hydrogens (tertiary/aromatic N) is 3. The summed E-state index contributed by atoms with van der Waals surface area (Å²) in [6.45, 7) is 4.65. The first-order valence-electron chi connectivity index (χ1n) is 5.93. The van der Waals surface area contributed by atoms with Gasteiger partial charge in [-0.15, -0.1) is 5.10 Å². The highest BCUT2D eigenvalue weighted by Crippen LogP contribution is 2.06. The molecule has 2 atom stereocenters. The standard InChI is InChI=1S/C12H18N4O/c1-3-9(2)10(13)8-16-12(17)15-7-5-4-6-11(15)14-16/h4-7,9-10H,3,8,13H2,1-2H3. The molecule has 0 radical (unpaired) electrons. The van der Waals surface area contributed by atoms with Crippen LogP contribution >= 0.6 is 0 Å². The van der Waals surface area contributed by atoms with Crippen molar-refractivity contribution in [3.05, 3.63) is 34.9 Å². The van der Waals surface area contributed by atoms with Crippen LogP contribution in [-0.2, 0) is 6.54 Å². The van der Waals surface area contributed by atoms with E-state index in [1.54, 1.807) is 6.20 Å². The summed E-state index contributed by atoms with van der Waals surface area (Å²) in [4.78, 5) is 12.0. The smallest absolute Gasteiger partial charge is 0.326 e. The molecule has 2 aromatic heterocycles. The molecule has 2 N–H and O–H groups in total. The van der Waals surface area contributed by atoms with Gasteiger partial charge in [0, 0.05) is 12.2 Å². The zero-order chi connectivity index (χ0) is 12.4.